The molecule has 4 heterocycles. The van der Waals surface area contributed by atoms with Crippen LogP contribution in [0.3, 0.4) is 0 Å². The smallest absolute Gasteiger partial charge is 0.243 e. The lowest BCUT2D eigenvalue weighted by Gasteiger charge is -2.26. The number of anilines is 1. The molecule has 12 nitrogen and oxygen atoms in total. The van der Waals surface area contributed by atoms with Crippen molar-refractivity contribution in [3.05, 3.63) is 59.5 Å². The molecule has 0 fully saturated rings. The van der Waals surface area contributed by atoms with Gasteiger partial charge in [0.2, 0.25) is 21.9 Å². The number of hydrogen-bond acceptors (Lipinski definition) is 10. The van der Waals surface area contributed by atoms with Crippen LogP contribution in [0.4, 0.5) is 5.95 Å². The molecular weight excluding hydrogens is 522 g/mol. The van der Waals surface area contributed by atoms with Crippen LogP contribution in [0.25, 0.3) is 17.1 Å². The Bertz CT molecular complexity index is 1390. The summed E-state index contributed by atoms with van der Waals surface area (Å²) in [7, 11) is 0.327. The highest BCUT2D eigenvalue weighted by Crippen LogP contribution is 2.34. The molecule has 3 aromatic rings. The normalized spacial score (nSPS) is 17.5. The Balaban J connectivity index is 1.80. The first-order valence-electron chi connectivity index (χ1n) is 11.2. The number of aliphatic imine (C=N–C) groups is 1. The van der Waals surface area contributed by atoms with Crippen LogP contribution in [0.5, 0.6) is 0 Å². The minimum absolute atomic E-state index is 0.0756. The molecule has 0 radical (unpaired) electrons. The number of pyridine rings is 2. The highest BCUT2D eigenvalue weighted by molar-refractivity contribution is 7.93. The van der Waals surface area contributed by atoms with Gasteiger partial charge >= 0.3 is 0 Å². The Kier molecular flexibility index (Phi) is 8.17. The zero-order valence-electron chi connectivity index (χ0n) is 20.6. The molecule has 37 heavy (non-hydrogen) atoms. The van der Waals surface area contributed by atoms with Crippen LogP contribution >= 0.6 is 11.6 Å². The molecule has 1 aliphatic rings. The Morgan fingerprint density at radius 1 is 1.16 bits per heavy atom. The molecule has 0 saturated heterocycles. The molecule has 0 bridgehead atoms. The van der Waals surface area contributed by atoms with E-state index in [0.29, 0.717) is 34.2 Å². The molecule has 0 aromatic carbocycles. The Hall–Kier alpha value is -3.39. The predicted octanol–water partition coefficient (Wildman–Crippen LogP) is 3.17. The summed E-state index contributed by atoms with van der Waals surface area (Å²) in [6, 6.07) is 6.75. The molecule has 0 saturated carbocycles. The van der Waals surface area contributed by atoms with Crippen molar-refractivity contribution in [2.75, 3.05) is 26.1 Å². The third-order valence-corrected chi connectivity index (χ3v) is 7.72. The third kappa shape index (κ3) is 5.49. The van der Waals surface area contributed by atoms with Gasteiger partial charge in [0.05, 0.1) is 17.8 Å². The fourth-order valence-corrected chi connectivity index (χ4v) is 5.16. The molecule has 0 amide bonds. The van der Waals surface area contributed by atoms with E-state index in [1.165, 1.54) is 31.9 Å². The number of nitrogens with zero attached hydrogens (tertiary/aromatic N) is 6. The van der Waals surface area contributed by atoms with Crippen LogP contribution in [0.2, 0.25) is 5.02 Å². The second-order valence-corrected chi connectivity index (χ2v) is 10.5. The zero-order chi connectivity index (χ0) is 26.6. The predicted molar refractivity (Wildman–Crippen MR) is 138 cm³/mol. The number of hydrogen-bond donors (Lipinski definition) is 1. The molecular formula is C23H26ClN7O5S. The Morgan fingerprint density at radius 3 is 2.59 bits per heavy atom. The van der Waals surface area contributed by atoms with Crippen LogP contribution in [-0.4, -0.2) is 72.0 Å². The van der Waals surface area contributed by atoms with Gasteiger partial charge in [0, 0.05) is 51.0 Å². The van der Waals surface area contributed by atoms with Gasteiger partial charge in [-0.15, -0.1) is 10.2 Å². The van der Waals surface area contributed by atoms with Crippen LogP contribution in [0.1, 0.15) is 25.1 Å². The quantitative estimate of drug-likeness (QED) is 0.404. The van der Waals surface area contributed by atoms with Crippen molar-refractivity contribution < 1.29 is 22.6 Å². The largest absolute Gasteiger partial charge is 0.480 e. The van der Waals surface area contributed by atoms with E-state index in [1.807, 2.05) is 0 Å². The maximum atomic E-state index is 13.6. The van der Waals surface area contributed by atoms with Crippen molar-refractivity contribution >= 4 is 39.5 Å². The number of methoxy groups -OCH3 is 3. The van der Waals surface area contributed by atoms with Crippen LogP contribution < -0.4 is 4.72 Å². The Labute approximate surface area is 219 Å². The zero-order valence-corrected chi connectivity index (χ0v) is 22.1. The molecule has 4 rings (SSSR count). The molecule has 0 spiro atoms. The van der Waals surface area contributed by atoms with E-state index in [-0.39, 0.29) is 11.8 Å². The van der Waals surface area contributed by atoms with Gasteiger partial charge in [-0.05, 0) is 31.2 Å². The first kappa shape index (κ1) is 26.7. The van der Waals surface area contributed by atoms with Crippen molar-refractivity contribution in [3.63, 3.8) is 0 Å². The number of halogens is 1. The standard InChI is InChI=1S/C23H26ClN7O5S/c1-14(20(35-3)17-8-7-16(24)13-27-17)37(32,33)30-23-29-28-21(15-6-5-10-25-12-15)31(23)19-18(34-2)9-11-26-22(19)36-4/h5-8,10-14,18,20H,9H2,1-4H3,(H,29,30)/t14-,18?,20-/m1/s1. The number of sulfonamides is 1. The van der Waals surface area contributed by atoms with Crippen LogP contribution in [0, 0.1) is 0 Å². The summed E-state index contributed by atoms with van der Waals surface area (Å²) >= 11 is 5.94. The van der Waals surface area contributed by atoms with E-state index in [0.717, 1.165) is 0 Å². The second kappa shape index (κ2) is 11.3. The van der Waals surface area contributed by atoms with Crippen molar-refractivity contribution in [2.45, 2.75) is 30.8 Å². The van der Waals surface area contributed by atoms with Crippen LogP contribution in [0.15, 0.2) is 53.7 Å². The molecule has 14 heteroatoms. The van der Waals surface area contributed by atoms with Gasteiger partial charge in [-0.1, -0.05) is 11.6 Å². The fraction of sp³-hybridized carbons (Fsp3) is 0.348. The van der Waals surface area contributed by atoms with Gasteiger partial charge in [0.25, 0.3) is 0 Å². The number of ether oxygens (including phenoxy) is 3. The van der Waals surface area contributed by atoms with E-state index in [1.54, 1.807) is 50.0 Å². The van der Waals surface area contributed by atoms with E-state index < -0.39 is 27.5 Å². The van der Waals surface area contributed by atoms with Crippen molar-refractivity contribution in [1.29, 1.82) is 0 Å². The molecule has 1 N–H and O–H groups in total. The topological polar surface area (TPSA) is 143 Å². The highest BCUT2D eigenvalue weighted by atomic mass is 35.5. The van der Waals surface area contributed by atoms with Gasteiger partial charge in [-0.25, -0.2) is 13.4 Å². The first-order chi connectivity index (χ1) is 17.8. The first-order valence-corrected chi connectivity index (χ1v) is 13.1. The van der Waals surface area contributed by atoms with E-state index in [2.05, 4.69) is 29.9 Å². The monoisotopic (exact) mass is 547 g/mol. The van der Waals surface area contributed by atoms with E-state index in [9.17, 15) is 8.42 Å². The molecule has 3 aromatic heterocycles. The molecule has 0 aliphatic carbocycles. The summed E-state index contributed by atoms with van der Waals surface area (Å²) in [4.78, 5) is 12.7. The number of nitrogens with one attached hydrogen (secondary N) is 1. The van der Waals surface area contributed by atoms with Gasteiger partial charge in [0.15, 0.2) is 5.82 Å². The fourth-order valence-electron chi connectivity index (χ4n) is 3.90. The van der Waals surface area contributed by atoms with Gasteiger partial charge in [-0.3, -0.25) is 19.3 Å². The number of rotatable bonds is 10. The van der Waals surface area contributed by atoms with Gasteiger partial charge in [-0.2, -0.15) is 0 Å². The lowest BCUT2D eigenvalue weighted by Crippen LogP contribution is -2.33. The maximum absolute atomic E-state index is 13.6. The molecule has 3 atom stereocenters. The Morgan fingerprint density at radius 2 is 1.97 bits per heavy atom. The summed E-state index contributed by atoms with van der Waals surface area (Å²) in [5.41, 5.74) is 1.44. The summed E-state index contributed by atoms with van der Waals surface area (Å²) in [5, 5.41) is 7.78. The molecule has 1 unspecified atom stereocenters. The van der Waals surface area contributed by atoms with Gasteiger partial charge in [0.1, 0.15) is 23.2 Å². The van der Waals surface area contributed by atoms with Crippen molar-refractivity contribution in [3.8, 4) is 11.4 Å². The average molecular weight is 548 g/mol. The summed E-state index contributed by atoms with van der Waals surface area (Å²) < 4.78 is 47.9. The lowest BCUT2D eigenvalue weighted by atomic mass is 10.1. The average Bonchev–Trinajstić information content (AvgIpc) is 3.32. The van der Waals surface area contributed by atoms with Crippen LogP contribution in [-0.2, 0) is 24.2 Å². The highest BCUT2D eigenvalue weighted by Gasteiger charge is 2.35. The summed E-state index contributed by atoms with van der Waals surface area (Å²) in [6.07, 6.45) is 5.34. The minimum Gasteiger partial charge on any atom is -0.480 e. The maximum Gasteiger partial charge on any atom is 0.243 e. The second-order valence-electron chi connectivity index (χ2n) is 8.00. The van der Waals surface area contributed by atoms with Gasteiger partial charge < -0.3 is 14.2 Å². The summed E-state index contributed by atoms with van der Waals surface area (Å²) in [6.45, 7) is 1.51. The SMILES string of the molecule is COC1=C(n2c(NS(=O)(=O)[C@H](C)[C@@H](OC)c3ccc(Cl)cn3)nnc2-c2cccnc2)C(OC)CC=N1. The number of aromatic nitrogens is 5. The van der Waals surface area contributed by atoms with Crippen molar-refractivity contribution in [1.82, 2.24) is 24.7 Å². The van der Waals surface area contributed by atoms with E-state index >= 15 is 0 Å². The lowest BCUT2D eigenvalue weighted by molar-refractivity contribution is 0.0989. The van der Waals surface area contributed by atoms with E-state index in [4.69, 9.17) is 25.8 Å². The van der Waals surface area contributed by atoms with Crippen molar-refractivity contribution in [2.24, 2.45) is 4.99 Å². The summed E-state index contributed by atoms with van der Waals surface area (Å²) in [5.74, 6) is 0.481. The minimum atomic E-state index is -4.09. The molecule has 196 valence electrons. The third-order valence-electron chi connectivity index (χ3n) is 5.80. The molecule has 1 aliphatic heterocycles.